The van der Waals surface area contributed by atoms with Gasteiger partial charge in [-0.1, -0.05) is 32.9 Å². The molecular weight excluding hydrogens is 494 g/mol. The Bertz CT molecular complexity index is 1330. The number of benzene rings is 2. The number of aliphatic imine (C=N–C) groups is 1. The Morgan fingerprint density at radius 2 is 1.80 bits per heavy atom. The Labute approximate surface area is 241 Å². The molecule has 3 rings (SSSR count). The van der Waals surface area contributed by atoms with Crippen LogP contribution in [0.4, 0.5) is 0 Å². The number of carbonyl (C=O) groups excluding carboxylic acids is 1. The number of nitriles is 1. The van der Waals surface area contributed by atoms with E-state index >= 15 is 0 Å². The van der Waals surface area contributed by atoms with Crippen LogP contribution in [-0.4, -0.2) is 24.1 Å². The predicted molar refractivity (Wildman–Crippen MR) is 166 cm³/mol. The van der Waals surface area contributed by atoms with Crippen molar-refractivity contribution >= 4 is 22.8 Å². The van der Waals surface area contributed by atoms with Gasteiger partial charge in [-0.2, -0.15) is 5.26 Å². The van der Waals surface area contributed by atoms with E-state index in [0.717, 1.165) is 72.2 Å². The zero-order valence-electron chi connectivity index (χ0n) is 25.7. The Morgan fingerprint density at radius 3 is 2.38 bits per heavy atom. The van der Waals surface area contributed by atoms with E-state index in [9.17, 15) is 10.1 Å². The van der Waals surface area contributed by atoms with Crippen molar-refractivity contribution in [2.24, 2.45) is 28.5 Å². The highest BCUT2D eigenvalue weighted by atomic mass is 16.5. The molecule has 4 unspecified atom stereocenters. The summed E-state index contributed by atoms with van der Waals surface area (Å²) in [5, 5.41) is 9.56. The van der Waals surface area contributed by atoms with E-state index in [-0.39, 0.29) is 17.2 Å². The summed E-state index contributed by atoms with van der Waals surface area (Å²) >= 11 is 0. The number of hydrogen-bond donors (Lipinski definition) is 1. The molecule has 0 saturated heterocycles. The van der Waals surface area contributed by atoms with Crippen molar-refractivity contribution in [1.29, 1.82) is 5.26 Å². The van der Waals surface area contributed by atoms with Crippen LogP contribution in [0.25, 0.3) is 11.3 Å². The van der Waals surface area contributed by atoms with Crippen molar-refractivity contribution in [3.63, 3.8) is 0 Å². The molecule has 0 heterocycles. The molecule has 40 heavy (non-hydrogen) atoms. The van der Waals surface area contributed by atoms with Gasteiger partial charge in [0.2, 0.25) is 0 Å². The summed E-state index contributed by atoms with van der Waals surface area (Å²) in [7, 11) is 1.65. The minimum atomic E-state index is -0.115. The second-order valence-electron chi connectivity index (χ2n) is 12.2. The van der Waals surface area contributed by atoms with Crippen LogP contribution in [0.5, 0.6) is 5.75 Å². The number of nitrogens with zero attached hydrogens (tertiary/aromatic N) is 2. The standard InChI is InChI=1S/C35H47N3O2/c1-9-22(2)31(20-27-15-17-35(7,37)16-14-23(27)3)38-34(29-10-11-30(21-36)24(4)18-29)33(26(6)39)28-12-13-32(40-8)25(5)19-28/h10-13,18-19,22-23,27H,9,14-17,20,37H2,1-8H3. The maximum atomic E-state index is 13.4. The molecule has 0 radical (unpaired) electrons. The number of hydrogen-bond acceptors (Lipinski definition) is 5. The van der Waals surface area contributed by atoms with Gasteiger partial charge in [-0.05, 0) is 125 Å². The van der Waals surface area contributed by atoms with Crippen LogP contribution in [-0.2, 0) is 4.79 Å². The number of Topliss-reactive ketones (excluding diaryl/α,β-unsaturated/α-hetero) is 1. The SMILES string of the molecule is CCC(C)C(CC1CCC(C)(N)CCC1C)=NC(=C(C(C)=O)c1ccc(OC)c(C)c1)c1ccc(C#N)c(C)c1. The van der Waals surface area contributed by atoms with E-state index in [1.165, 1.54) is 0 Å². The molecule has 1 fully saturated rings. The number of methoxy groups -OCH3 is 1. The molecule has 2 aromatic rings. The molecule has 0 amide bonds. The smallest absolute Gasteiger partial charge is 0.162 e. The summed E-state index contributed by atoms with van der Waals surface area (Å²) in [5.74, 6) is 2.04. The lowest BCUT2D eigenvalue weighted by Crippen LogP contribution is -2.35. The van der Waals surface area contributed by atoms with Crippen molar-refractivity contribution in [1.82, 2.24) is 0 Å². The monoisotopic (exact) mass is 541 g/mol. The Kier molecular flexibility index (Phi) is 10.5. The molecule has 5 nitrogen and oxygen atoms in total. The third kappa shape index (κ3) is 7.49. The first-order chi connectivity index (χ1) is 18.9. The lowest BCUT2D eigenvalue weighted by molar-refractivity contribution is -0.111. The fourth-order valence-electron chi connectivity index (χ4n) is 5.77. The fraction of sp³-hybridized carbons (Fsp3) is 0.514. The first-order valence-electron chi connectivity index (χ1n) is 14.7. The lowest BCUT2D eigenvalue weighted by Gasteiger charge is -2.25. The number of carbonyl (C=O) groups is 1. The third-order valence-corrected chi connectivity index (χ3v) is 8.86. The summed E-state index contributed by atoms with van der Waals surface area (Å²) in [6, 6.07) is 13.8. The van der Waals surface area contributed by atoms with Gasteiger partial charge < -0.3 is 10.5 Å². The van der Waals surface area contributed by atoms with Crippen LogP contribution in [0.15, 0.2) is 41.4 Å². The Balaban J connectivity index is 2.27. The van der Waals surface area contributed by atoms with Crippen molar-refractivity contribution in [2.45, 2.75) is 92.5 Å². The molecule has 2 aromatic carbocycles. The number of rotatable bonds is 9. The van der Waals surface area contributed by atoms with Gasteiger partial charge in [0, 0.05) is 16.8 Å². The highest BCUT2D eigenvalue weighted by molar-refractivity contribution is 6.27. The molecule has 0 bridgehead atoms. The van der Waals surface area contributed by atoms with E-state index < -0.39 is 0 Å². The lowest BCUT2D eigenvalue weighted by atomic mass is 9.82. The maximum Gasteiger partial charge on any atom is 0.162 e. The van der Waals surface area contributed by atoms with Gasteiger partial charge in [0.15, 0.2) is 5.78 Å². The van der Waals surface area contributed by atoms with E-state index in [1.54, 1.807) is 14.0 Å². The van der Waals surface area contributed by atoms with E-state index in [0.29, 0.717) is 28.7 Å². The molecule has 2 N–H and O–H groups in total. The van der Waals surface area contributed by atoms with Crippen LogP contribution >= 0.6 is 0 Å². The molecule has 1 aliphatic rings. The van der Waals surface area contributed by atoms with E-state index in [1.807, 2.05) is 50.2 Å². The van der Waals surface area contributed by atoms with Crippen molar-refractivity contribution < 1.29 is 9.53 Å². The number of aryl methyl sites for hydroxylation is 2. The van der Waals surface area contributed by atoms with Crippen molar-refractivity contribution in [2.75, 3.05) is 7.11 Å². The van der Waals surface area contributed by atoms with E-state index in [2.05, 4.69) is 33.8 Å². The topological polar surface area (TPSA) is 88.5 Å². The van der Waals surface area contributed by atoms with Crippen molar-refractivity contribution in [3.05, 3.63) is 64.2 Å². The average Bonchev–Trinajstić information content (AvgIpc) is 3.04. The van der Waals surface area contributed by atoms with Gasteiger partial charge in [0.1, 0.15) is 5.75 Å². The minimum absolute atomic E-state index is 0.0458. The fourth-order valence-corrected chi connectivity index (χ4v) is 5.77. The highest BCUT2D eigenvalue weighted by Gasteiger charge is 2.31. The van der Waals surface area contributed by atoms with Crippen LogP contribution in [0.1, 0.15) is 101 Å². The van der Waals surface area contributed by atoms with Crippen LogP contribution in [0.2, 0.25) is 0 Å². The van der Waals surface area contributed by atoms with Gasteiger partial charge in [-0.15, -0.1) is 0 Å². The minimum Gasteiger partial charge on any atom is -0.496 e. The van der Waals surface area contributed by atoms with Gasteiger partial charge >= 0.3 is 0 Å². The summed E-state index contributed by atoms with van der Waals surface area (Å²) < 4.78 is 5.49. The summed E-state index contributed by atoms with van der Waals surface area (Å²) in [5.41, 5.74) is 12.9. The molecule has 214 valence electrons. The predicted octanol–water partition coefficient (Wildman–Crippen LogP) is 8.06. The summed E-state index contributed by atoms with van der Waals surface area (Å²) in [4.78, 5) is 18.8. The van der Waals surface area contributed by atoms with Crippen molar-refractivity contribution in [3.8, 4) is 11.8 Å². The molecular formula is C35H47N3O2. The molecule has 0 aromatic heterocycles. The van der Waals surface area contributed by atoms with E-state index in [4.69, 9.17) is 15.5 Å². The molecule has 4 atom stereocenters. The van der Waals surface area contributed by atoms with Gasteiger partial charge in [0.25, 0.3) is 0 Å². The Hall–Kier alpha value is -3.23. The van der Waals surface area contributed by atoms with Crippen LogP contribution in [0, 0.1) is 42.9 Å². The number of allylic oxidation sites excluding steroid dienone is 1. The van der Waals surface area contributed by atoms with Gasteiger partial charge in [-0.25, -0.2) is 0 Å². The number of nitrogens with two attached hydrogens (primary N) is 1. The highest BCUT2D eigenvalue weighted by Crippen LogP contribution is 2.37. The first-order valence-corrected chi connectivity index (χ1v) is 14.7. The average molecular weight is 542 g/mol. The summed E-state index contributed by atoms with van der Waals surface area (Å²) in [6.45, 7) is 14.5. The number of ketones is 1. The molecule has 0 aliphatic heterocycles. The molecule has 0 spiro atoms. The second-order valence-corrected chi connectivity index (χ2v) is 12.2. The molecule has 1 aliphatic carbocycles. The first kappa shape index (κ1) is 31.3. The quantitative estimate of drug-likeness (QED) is 0.150. The van der Waals surface area contributed by atoms with Gasteiger partial charge in [-0.3, -0.25) is 9.79 Å². The molecule has 5 heteroatoms. The normalized spacial score (nSPS) is 23.1. The maximum absolute atomic E-state index is 13.4. The van der Waals surface area contributed by atoms with Gasteiger partial charge in [0.05, 0.1) is 30.0 Å². The largest absolute Gasteiger partial charge is 0.496 e. The zero-order chi connectivity index (χ0) is 29.6. The molecule has 1 saturated carbocycles. The summed E-state index contributed by atoms with van der Waals surface area (Å²) in [6.07, 6.45) is 6.10. The van der Waals surface area contributed by atoms with Crippen LogP contribution < -0.4 is 10.5 Å². The Morgan fingerprint density at radius 1 is 1.15 bits per heavy atom. The van der Waals surface area contributed by atoms with Crippen LogP contribution in [0.3, 0.4) is 0 Å². The number of ether oxygens (including phenoxy) is 1. The second kappa shape index (κ2) is 13.4. The third-order valence-electron chi connectivity index (χ3n) is 8.86. The zero-order valence-corrected chi connectivity index (χ0v) is 25.7.